The maximum Gasteiger partial charge on any atom is 0.256 e. The number of ether oxygens (including phenoxy) is 1. The molecule has 2 atom stereocenters. The number of para-hydroxylation sites is 1. The van der Waals surface area contributed by atoms with E-state index in [-0.39, 0.29) is 41.9 Å². The number of hydrogen-bond donors (Lipinski definition) is 1. The van der Waals surface area contributed by atoms with Crippen LogP contribution in [0.1, 0.15) is 46.6 Å². The van der Waals surface area contributed by atoms with Gasteiger partial charge in [-0.1, -0.05) is 31.2 Å². The van der Waals surface area contributed by atoms with E-state index in [2.05, 4.69) is 10.3 Å². The molecule has 1 aliphatic heterocycles. The van der Waals surface area contributed by atoms with Crippen LogP contribution in [0.25, 0.3) is 16.9 Å². The summed E-state index contributed by atoms with van der Waals surface area (Å²) >= 11 is 0. The second-order valence-corrected chi connectivity index (χ2v) is 10.4. The van der Waals surface area contributed by atoms with E-state index in [0.717, 1.165) is 23.4 Å². The summed E-state index contributed by atoms with van der Waals surface area (Å²) in [5.74, 6) is -2.36. The third-order valence-electron chi connectivity index (χ3n) is 7.64. The lowest BCUT2D eigenvalue weighted by molar-refractivity contribution is -0.146. The monoisotopic (exact) mass is 589 g/mol. The Morgan fingerprint density at radius 3 is 2.56 bits per heavy atom. The second kappa shape index (κ2) is 12.8. The predicted molar refractivity (Wildman–Crippen MR) is 156 cm³/mol. The van der Waals surface area contributed by atoms with Crippen molar-refractivity contribution < 1.29 is 27.9 Å². The van der Waals surface area contributed by atoms with Crippen LogP contribution >= 0.6 is 0 Å². The van der Waals surface area contributed by atoms with Crippen LogP contribution in [0, 0.1) is 24.5 Å². The average molecular weight is 590 g/mol. The highest BCUT2D eigenvalue weighted by molar-refractivity contribution is 5.97. The molecule has 1 amide bonds. The van der Waals surface area contributed by atoms with Gasteiger partial charge in [-0.15, -0.1) is 0 Å². The number of nitrogens with zero attached hydrogens (tertiary/aromatic N) is 4. The maximum absolute atomic E-state index is 14.1. The lowest BCUT2D eigenvalue weighted by Gasteiger charge is -2.18. The second-order valence-electron chi connectivity index (χ2n) is 10.4. The molecule has 11 heteroatoms. The van der Waals surface area contributed by atoms with E-state index in [4.69, 9.17) is 14.7 Å². The summed E-state index contributed by atoms with van der Waals surface area (Å²) in [5, 5.41) is 9.20. The Kier molecular flexibility index (Phi) is 8.93. The van der Waals surface area contributed by atoms with Gasteiger partial charge in [-0.05, 0) is 48.4 Å². The number of nitrogens with one attached hydrogen (secondary N) is 1. The Hall–Kier alpha value is -4.48. The minimum atomic E-state index is -0.955. The Bertz CT molecular complexity index is 1640. The Balaban J connectivity index is 1.48. The third kappa shape index (κ3) is 6.18. The molecule has 0 bridgehead atoms. The van der Waals surface area contributed by atoms with E-state index in [1.807, 2.05) is 44.2 Å². The van der Waals surface area contributed by atoms with Gasteiger partial charge in [0.05, 0.1) is 24.2 Å². The van der Waals surface area contributed by atoms with Crippen LogP contribution < -0.4 is 10.1 Å². The van der Waals surface area contributed by atoms with Crippen molar-refractivity contribution in [1.29, 1.82) is 0 Å². The Morgan fingerprint density at radius 2 is 1.88 bits per heavy atom. The van der Waals surface area contributed by atoms with Gasteiger partial charge < -0.3 is 10.1 Å². The number of benzene rings is 2. The van der Waals surface area contributed by atoms with E-state index >= 15 is 0 Å². The summed E-state index contributed by atoms with van der Waals surface area (Å²) < 4.78 is 34.7. The summed E-state index contributed by atoms with van der Waals surface area (Å²) in [7, 11) is 2.97. The van der Waals surface area contributed by atoms with E-state index in [9.17, 15) is 18.4 Å². The van der Waals surface area contributed by atoms with Crippen LogP contribution in [0.2, 0.25) is 0 Å². The van der Waals surface area contributed by atoms with Crippen molar-refractivity contribution in [2.24, 2.45) is 5.92 Å². The SMILES string of the molecule is CCN1C[C@@H](CC(=O)Cc2c(C)c(-c3cnc(OC)c(C(=O)NC)c3)nn2-c2ccccc2)[C@H](c2ccc(F)c(F)c2)O1. The number of pyridine rings is 1. The van der Waals surface area contributed by atoms with Gasteiger partial charge in [0, 0.05) is 50.7 Å². The standard InChI is InChI=1S/C32H33F2N5O4/c1-5-38-18-22(30(43-38)20-11-12-26(33)27(34)15-20)13-24(40)16-28-19(2)29(37-39(28)23-9-7-6-8-10-23)21-14-25(31(41)35-3)32(42-4)36-17-21/h6-12,14-15,17,22,30H,5,13,16,18H2,1-4H3,(H,35,41)/t22-,30+/m1/s1. The fraction of sp³-hybridized carbons (Fsp3) is 0.312. The first kappa shape index (κ1) is 30.0. The molecule has 2 aromatic heterocycles. The first-order chi connectivity index (χ1) is 20.7. The smallest absolute Gasteiger partial charge is 0.256 e. The van der Waals surface area contributed by atoms with Crippen LogP contribution in [0.4, 0.5) is 8.78 Å². The van der Waals surface area contributed by atoms with Crippen LogP contribution in [0.5, 0.6) is 5.88 Å². The quantitative estimate of drug-likeness (QED) is 0.278. The molecule has 1 aliphatic rings. The molecule has 1 N–H and O–H groups in total. The van der Waals surface area contributed by atoms with Crippen LogP contribution in [0.3, 0.4) is 0 Å². The van der Waals surface area contributed by atoms with Crippen molar-refractivity contribution in [1.82, 2.24) is 25.1 Å². The molecule has 3 heterocycles. The predicted octanol–water partition coefficient (Wildman–Crippen LogP) is 5.02. The summed E-state index contributed by atoms with van der Waals surface area (Å²) in [6.07, 6.45) is 1.25. The number of aromatic nitrogens is 3. The highest BCUT2D eigenvalue weighted by Gasteiger charge is 2.36. The van der Waals surface area contributed by atoms with Crippen molar-refractivity contribution in [3.63, 3.8) is 0 Å². The zero-order chi connectivity index (χ0) is 30.7. The molecular weight excluding hydrogens is 556 g/mol. The minimum Gasteiger partial charge on any atom is -0.480 e. The Labute approximate surface area is 248 Å². The number of methoxy groups -OCH3 is 1. The number of ketones is 1. The number of rotatable bonds is 10. The van der Waals surface area contributed by atoms with Crippen molar-refractivity contribution in [2.45, 2.75) is 32.8 Å². The molecule has 0 unspecified atom stereocenters. The van der Waals surface area contributed by atoms with E-state index in [1.165, 1.54) is 20.2 Å². The van der Waals surface area contributed by atoms with Crippen molar-refractivity contribution in [3.8, 4) is 22.8 Å². The third-order valence-corrected chi connectivity index (χ3v) is 7.64. The highest BCUT2D eigenvalue weighted by atomic mass is 19.2. The minimum absolute atomic E-state index is 0.0511. The fourth-order valence-corrected chi connectivity index (χ4v) is 5.43. The molecule has 0 spiro atoms. The van der Waals surface area contributed by atoms with Crippen molar-refractivity contribution in [2.75, 3.05) is 27.2 Å². The number of carbonyl (C=O) groups excluding carboxylic acids is 2. The van der Waals surface area contributed by atoms with Crippen molar-refractivity contribution >= 4 is 11.7 Å². The number of hydrogen-bond acceptors (Lipinski definition) is 7. The molecular formula is C32H33F2N5O4. The van der Waals surface area contributed by atoms with Gasteiger partial charge in [0.2, 0.25) is 5.88 Å². The average Bonchev–Trinajstić information content (AvgIpc) is 3.58. The largest absolute Gasteiger partial charge is 0.480 e. The number of halogens is 2. The van der Waals surface area contributed by atoms with E-state index < -0.39 is 17.7 Å². The molecule has 43 heavy (non-hydrogen) atoms. The number of amides is 1. The van der Waals surface area contributed by atoms with Gasteiger partial charge in [0.1, 0.15) is 17.5 Å². The molecule has 0 aliphatic carbocycles. The molecule has 1 fully saturated rings. The van der Waals surface area contributed by atoms with Gasteiger partial charge in [0.25, 0.3) is 5.91 Å². The molecule has 1 saturated heterocycles. The zero-order valence-corrected chi connectivity index (χ0v) is 24.4. The van der Waals surface area contributed by atoms with Gasteiger partial charge in [-0.3, -0.25) is 14.4 Å². The van der Waals surface area contributed by atoms with Crippen LogP contribution in [-0.4, -0.2) is 58.8 Å². The first-order valence-corrected chi connectivity index (χ1v) is 14.0. The number of Topliss-reactive ketones (excluding diaryl/α,β-unsaturated/α-hetero) is 1. The van der Waals surface area contributed by atoms with Gasteiger partial charge in [0.15, 0.2) is 11.6 Å². The number of carbonyl (C=O) groups is 2. The van der Waals surface area contributed by atoms with E-state index in [0.29, 0.717) is 35.6 Å². The normalized spacial score (nSPS) is 16.8. The maximum atomic E-state index is 14.1. The lowest BCUT2D eigenvalue weighted by atomic mass is 9.90. The number of hydroxylamine groups is 2. The molecule has 0 radical (unpaired) electrons. The van der Waals surface area contributed by atoms with Crippen LogP contribution in [-0.2, 0) is 16.1 Å². The summed E-state index contributed by atoms with van der Waals surface area (Å²) in [6.45, 7) is 4.88. The van der Waals surface area contributed by atoms with Crippen LogP contribution in [0.15, 0.2) is 60.8 Å². The van der Waals surface area contributed by atoms with Crippen molar-refractivity contribution in [3.05, 3.63) is 94.8 Å². The molecule has 9 nitrogen and oxygen atoms in total. The molecule has 2 aromatic carbocycles. The molecule has 0 saturated carbocycles. The Morgan fingerprint density at radius 1 is 1.12 bits per heavy atom. The molecule has 224 valence electrons. The lowest BCUT2D eigenvalue weighted by Crippen LogP contribution is -2.20. The molecule has 4 aromatic rings. The highest BCUT2D eigenvalue weighted by Crippen LogP contribution is 2.37. The van der Waals surface area contributed by atoms with Gasteiger partial charge in [-0.2, -0.15) is 10.2 Å². The summed E-state index contributed by atoms with van der Waals surface area (Å²) in [4.78, 5) is 36.5. The first-order valence-electron chi connectivity index (χ1n) is 14.0. The summed E-state index contributed by atoms with van der Waals surface area (Å²) in [6, 6.07) is 14.8. The van der Waals surface area contributed by atoms with Gasteiger partial charge in [-0.25, -0.2) is 18.4 Å². The fourth-order valence-electron chi connectivity index (χ4n) is 5.43. The van der Waals surface area contributed by atoms with Gasteiger partial charge >= 0.3 is 0 Å². The summed E-state index contributed by atoms with van der Waals surface area (Å²) in [5.41, 5.74) is 4.16. The topological polar surface area (TPSA) is 98.6 Å². The van der Waals surface area contributed by atoms with E-state index in [1.54, 1.807) is 22.0 Å². The molecule has 5 rings (SSSR count). The zero-order valence-electron chi connectivity index (χ0n) is 24.4.